The monoisotopic (exact) mass is 435 g/mol. The van der Waals surface area contributed by atoms with Crippen LogP contribution in [0.15, 0.2) is 42.5 Å². The van der Waals surface area contributed by atoms with Gasteiger partial charge in [0.2, 0.25) is 11.8 Å². The molecule has 0 bridgehead atoms. The molecule has 0 unspecified atom stereocenters. The van der Waals surface area contributed by atoms with E-state index in [9.17, 15) is 19.2 Å². The zero-order valence-corrected chi connectivity index (χ0v) is 18.3. The third-order valence-corrected chi connectivity index (χ3v) is 6.00. The van der Waals surface area contributed by atoms with E-state index in [0.29, 0.717) is 11.4 Å². The average molecular weight is 435 g/mol. The molecule has 2 aromatic carbocycles. The van der Waals surface area contributed by atoms with E-state index in [0.717, 1.165) is 16.8 Å². The number of nitrogens with zero attached hydrogens (tertiary/aromatic N) is 2. The molecule has 2 heterocycles. The minimum absolute atomic E-state index is 0.0298. The first kappa shape index (κ1) is 21.5. The van der Waals surface area contributed by atoms with Crippen LogP contribution in [-0.4, -0.2) is 42.9 Å². The van der Waals surface area contributed by atoms with E-state index in [1.54, 1.807) is 29.2 Å². The van der Waals surface area contributed by atoms with Crippen molar-refractivity contribution in [2.24, 2.45) is 5.92 Å². The Morgan fingerprint density at radius 2 is 1.78 bits per heavy atom. The maximum Gasteiger partial charge on any atom is 0.312 e. The van der Waals surface area contributed by atoms with E-state index in [1.165, 1.54) is 11.8 Å². The Morgan fingerprint density at radius 3 is 2.56 bits per heavy atom. The summed E-state index contributed by atoms with van der Waals surface area (Å²) in [5, 5.41) is 2.72. The summed E-state index contributed by atoms with van der Waals surface area (Å²) in [5.41, 5.74) is 3.91. The Bertz CT molecular complexity index is 1110. The molecule has 2 aliphatic rings. The highest BCUT2D eigenvalue weighted by Crippen LogP contribution is 2.31. The number of anilines is 3. The molecule has 166 valence electrons. The summed E-state index contributed by atoms with van der Waals surface area (Å²) in [4.78, 5) is 53.3. The van der Waals surface area contributed by atoms with Gasteiger partial charge in [-0.05, 0) is 50.1 Å². The molecule has 3 amide bonds. The van der Waals surface area contributed by atoms with Crippen LogP contribution in [0.25, 0.3) is 0 Å². The summed E-state index contributed by atoms with van der Waals surface area (Å²) in [6, 6.07) is 12.7. The molecule has 1 N–H and O–H groups in total. The van der Waals surface area contributed by atoms with Gasteiger partial charge in [0.25, 0.3) is 5.91 Å². The van der Waals surface area contributed by atoms with Crippen LogP contribution in [0.1, 0.15) is 24.5 Å². The number of ether oxygens (including phenoxy) is 1. The fourth-order valence-corrected chi connectivity index (χ4v) is 4.10. The highest BCUT2D eigenvalue weighted by Gasteiger charge is 2.39. The molecule has 1 saturated heterocycles. The number of carbonyl (C=O) groups excluding carboxylic acids is 4. The molecular weight excluding hydrogens is 410 g/mol. The lowest BCUT2D eigenvalue weighted by molar-refractivity contribution is -0.157. The van der Waals surface area contributed by atoms with Crippen molar-refractivity contribution in [3.63, 3.8) is 0 Å². The number of benzene rings is 2. The summed E-state index contributed by atoms with van der Waals surface area (Å²) in [5.74, 6) is -2.21. The second-order valence-electron chi connectivity index (χ2n) is 8.19. The van der Waals surface area contributed by atoms with Crippen LogP contribution in [-0.2, 0) is 23.9 Å². The predicted molar refractivity (Wildman–Crippen MR) is 119 cm³/mol. The van der Waals surface area contributed by atoms with Crippen LogP contribution < -0.4 is 15.1 Å². The van der Waals surface area contributed by atoms with Crippen molar-refractivity contribution in [2.75, 3.05) is 28.2 Å². The molecule has 8 heteroatoms. The van der Waals surface area contributed by atoms with Gasteiger partial charge in [-0.3, -0.25) is 24.1 Å². The van der Waals surface area contributed by atoms with Crippen molar-refractivity contribution in [1.29, 1.82) is 0 Å². The van der Waals surface area contributed by atoms with Gasteiger partial charge in [0, 0.05) is 18.7 Å². The van der Waals surface area contributed by atoms with Crippen molar-refractivity contribution < 1.29 is 23.9 Å². The van der Waals surface area contributed by atoms with Crippen LogP contribution in [0.2, 0.25) is 0 Å². The van der Waals surface area contributed by atoms with Crippen LogP contribution in [0.5, 0.6) is 0 Å². The van der Waals surface area contributed by atoms with Crippen LogP contribution in [0.3, 0.4) is 0 Å². The number of aryl methyl sites for hydroxylation is 1. The maximum absolute atomic E-state index is 13.0. The molecule has 8 nitrogen and oxygen atoms in total. The minimum atomic E-state index is -1.09. The van der Waals surface area contributed by atoms with Gasteiger partial charge >= 0.3 is 5.97 Å². The molecule has 0 saturated carbocycles. The maximum atomic E-state index is 13.0. The average Bonchev–Trinajstić information content (AvgIpc) is 3.16. The van der Waals surface area contributed by atoms with E-state index in [-0.39, 0.29) is 31.3 Å². The quantitative estimate of drug-likeness (QED) is 0.745. The van der Waals surface area contributed by atoms with E-state index in [2.05, 4.69) is 5.32 Å². The molecule has 0 spiro atoms. The summed E-state index contributed by atoms with van der Waals surface area (Å²) in [6.45, 7) is 5.45. The van der Waals surface area contributed by atoms with Crippen molar-refractivity contribution in [3.8, 4) is 0 Å². The van der Waals surface area contributed by atoms with Gasteiger partial charge in [0.15, 0.2) is 6.10 Å². The summed E-state index contributed by atoms with van der Waals surface area (Å²) in [7, 11) is 0. The molecule has 2 aromatic rings. The second kappa shape index (κ2) is 8.45. The Balaban J connectivity index is 1.44. The SMILES string of the molecule is Cc1cccc(N2C[C@@H](C(=O)O[C@H](C)C(=O)N3CC(=O)Nc4ccccc43)CC2=O)c1C. The second-order valence-corrected chi connectivity index (χ2v) is 8.19. The fourth-order valence-electron chi connectivity index (χ4n) is 4.10. The van der Waals surface area contributed by atoms with Crippen LogP contribution in [0, 0.1) is 19.8 Å². The lowest BCUT2D eigenvalue weighted by Gasteiger charge is -2.31. The molecular formula is C24H25N3O5. The molecule has 2 atom stereocenters. The predicted octanol–water partition coefficient (Wildman–Crippen LogP) is 2.57. The lowest BCUT2D eigenvalue weighted by Crippen LogP contribution is -2.47. The molecule has 0 aliphatic carbocycles. The van der Waals surface area contributed by atoms with Crippen molar-refractivity contribution in [2.45, 2.75) is 33.3 Å². The van der Waals surface area contributed by atoms with E-state index in [1.807, 2.05) is 32.0 Å². The number of rotatable bonds is 4. The number of fused-ring (bicyclic) bond motifs is 1. The number of amides is 3. The number of hydrogen-bond acceptors (Lipinski definition) is 5. The molecule has 4 rings (SSSR count). The Labute approximate surface area is 186 Å². The van der Waals surface area contributed by atoms with E-state index < -0.39 is 23.9 Å². The highest BCUT2D eigenvalue weighted by molar-refractivity contribution is 6.11. The summed E-state index contributed by atoms with van der Waals surface area (Å²) < 4.78 is 5.45. The number of esters is 1. The highest BCUT2D eigenvalue weighted by atomic mass is 16.5. The third-order valence-electron chi connectivity index (χ3n) is 6.00. The topological polar surface area (TPSA) is 96.0 Å². The zero-order chi connectivity index (χ0) is 23.0. The van der Waals surface area contributed by atoms with Gasteiger partial charge in [-0.15, -0.1) is 0 Å². The van der Waals surface area contributed by atoms with E-state index in [4.69, 9.17) is 4.74 Å². The largest absolute Gasteiger partial charge is 0.452 e. The smallest absolute Gasteiger partial charge is 0.312 e. The van der Waals surface area contributed by atoms with Crippen LogP contribution >= 0.6 is 0 Å². The van der Waals surface area contributed by atoms with Gasteiger partial charge < -0.3 is 15.0 Å². The molecule has 32 heavy (non-hydrogen) atoms. The third kappa shape index (κ3) is 3.95. The number of carbonyl (C=O) groups is 4. The fraction of sp³-hybridized carbons (Fsp3) is 0.333. The first-order valence-corrected chi connectivity index (χ1v) is 10.5. The normalized spacial score (nSPS) is 18.8. The first-order chi connectivity index (χ1) is 15.3. The number of hydrogen-bond donors (Lipinski definition) is 1. The molecule has 0 radical (unpaired) electrons. The van der Waals surface area contributed by atoms with Gasteiger partial charge in [-0.2, -0.15) is 0 Å². The molecule has 0 aromatic heterocycles. The van der Waals surface area contributed by atoms with Gasteiger partial charge in [-0.1, -0.05) is 24.3 Å². The lowest BCUT2D eigenvalue weighted by atomic mass is 10.1. The van der Waals surface area contributed by atoms with Gasteiger partial charge in [0.05, 0.1) is 17.3 Å². The molecule has 2 aliphatic heterocycles. The summed E-state index contributed by atoms with van der Waals surface area (Å²) in [6.07, 6.45) is -1.06. The Hall–Kier alpha value is -3.68. The summed E-state index contributed by atoms with van der Waals surface area (Å²) >= 11 is 0. The van der Waals surface area contributed by atoms with E-state index >= 15 is 0 Å². The standard InChI is InChI=1S/C24H25N3O5/c1-14-7-6-10-19(15(14)2)26-12-17(11-22(26)29)24(31)32-16(3)23(30)27-13-21(28)25-18-8-4-5-9-20(18)27/h4-10,16-17H,11-13H2,1-3H3,(H,25,28)/t16-,17+/m1/s1. The number of para-hydroxylation sites is 2. The molecule has 1 fully saturated rings. The minimum Gasteiger partial charge on any atom is -0.452 e. The zero-order valence-electron chi connectivity index (χ0n) is 18.3. The Kier molecular flexibility index (Phi) is 5.69. The Morgan fingerprint density at radius 1 is 1.06 bits per heavy atom. The van der Waals surface area contributed by atoms with Crippen molar-refractivity contribution in [1.82, 2.24) is 0 Å². The van der Waals surface area contributed by atoms with Gasteiger partial charge in [-0.25, -0.2) is 0 Å². The van der Waals surface area contributed by atoms with Gasteiger partial charge in [0.1, 0.15) is 6.54 Å². The number of nitrogens with one attached hydrogen (secondary N) is 1. The van der Waals surface area contributed by atoms with Crippen molar-refractivity contribution >= 4 is 40.8 Å². The first-order valence-electron chi connectivity index (χ1n) is 10.5. The van der Waals surface area contributed by atoms with Crippen molar-refractivity contribution in [3.05, 3.63) is 53.6 Å². The van der Waals surface area contributed by atoms with Crippen LogP contribution in [0.4, 0.5) is 17.1 Å².